The minimum absolute atomic E-state index is 0.0143. The second-order valence-corrected chi connectivity index (χ2v) is 8.39. The van der Waals surface area contributed by atoms with Crippen LogP contribution in [0.25, 0.3) is 11.3 Å². The Morgan fingerprint density at radius 3 is 2.91 bits per heavy atom. The van der Waals surface area contributed by atoms with Crippen molar-refractivity contribution in [2.24, 2.45) is 0 Å². The molecule has 5 rings (SSSR count). The van der Waals surface area contributed by atoms with Crippen LogP contribution in [-0.4, -0.2) is 57.9 Å². The molecular formula is C24H29N5O3. The molecule has 1 aromatic carbocycles. The molecule has 0 bridgehead atoms. The smallest absolute Gasteiger partial charge is 0.249 e. The van der Waals surface area contributed by atoms with Gasteiger partial charge in [0.2, 0.25) is 5.91 Å². The first kappa shape index (κ1) is 20.9. The molecule has 0 aliphatic carbocycles. The van der Waals surface area contributed by atoms with Crippen molar-refractivity contribution in [1.82, 2.24) is 25.0 Å². The molecule has 168 valence electrons. The van der Waals surface area contributed by atoms with Gasteiger partial charge in [0, 0.05) is 57.7 Å². The van der Waals surface area contributed by atoms with Gasteiger partial charge in [-0.3, -0.25) is 9.69 Å². The van der Waals surface area contributed by atoms with E-state index >= 15 is 0 Å². The van der Waals surface area contributed by atoms with Gasteiger partial charge in [-0.05, 0) is 30.5 Å². The number of carbonyl (C=O) groups is 1. The molecule has 1 saturated heterocycles. The quantitative estimate of drug-likeness (QED) is 0.614. The summed E-state index contributed by atoms with van der Waals surface area (Å²) in [5.41, 5.74) is 2.40. The molecule has 0 saturated carbocycles. The molecule has 1 N–H and O–H groups in total. The Bertz CT molecular complexity index is 1040. The Morgan fingerprint density at radius 2 is 2.06 bits per heavy atom. The first-order valence-electron chi connectivity index (χ1n) is 11.4. The second kappa shape index (κ2) is 9.67. The number of aromatic nitrogens is 3. The van der Waals surface area contributed by atoms with Crippen molar-refractivity contribution in [3.05, 3.63) is 59.9 Å². The van der Waals surface area contributed by atoms with E-state index in [2.05, 4.69) is 49.2 Å². The number of fused-ring (bicyclic) bond motifs is 1. The van der Waals surface area contributed by atoms with Crippen molar-refractivity contribution >= 4 is 5.91 Å². The van der Waals surface area contributed by atoms with E-state index in [4.69, 9.17) is 9.15 Å². The van der Waals surface area contributed by atoms with Gasteiger partial charge in [-0.15, -0.1) is 10.2 Å². The summed E-state index contributed by atoms with van der Waals surface area (Å²) in [6, 6.07) is 12.3. The number of carbonyl (C=O) groups excluding carboxylic acids is 1. The lowest BCUT2D eigenvalue weighted by molar-refractivity contribution is -0.130. The van der Waals surface area contributed by atoms with Crippen molar-refractivity contribution < 1.29 is 13.9 Å². The number of ether oxygens (including phenoxy) is 1. The van der Waals surface area contributed by atoms with Gasteiger partial charge in [-0.1, -0.05) is 24.3 Å². The summed E-state index contributed by atoms with van der Waals surface area (Å²) in [7, 11) is 0. The van der Waals surface area contributed by atoms with E-state index in [1.165, 1.54) is 5.56 Å². The van der Waals surface area contributed by atoms with E-state index in [0.717, 1.165) is 68.4 Å². The summed E-state index contributed by atoms with van der Waals surface area (Å²) in [5.74, 6) is 2.84. The first-order valence-corrected chi connectivity index (χ1v) is 11.4. The number of furan rings is 1. The number of nitrogens with zero attached hydrogens (tertiary/aromatic N) is 4. The standard InChI is InChI=1S/C24H29N5O3/c30-24(21-8-4-16-32-21)25-11-9-22-26-27-23-10-12-28(13-14-29(22)23)17-18-5-1-2-6-19(18)20-7-3-15-31-20/h1-3,5-7,15,21H,4,8-14,16-17H2,(H,25,30)/t21-/m1/s1. The third kappa shape index (κ3) is 4.61. The third-order valence-electron chi connectivity index (χ3n) is 6.26. The maximum Gasteiger partial charge on any atom is 0.249 e. The van der Waals surface area contributed by atoms with Crippen LogP contribution in [0.5, 0.6) is 0 Å². The molecule has 4 heterocycles. The number of hydrogen-bond donors (Lipinski definition) is 1. The number of benzene rings is 1. The van der Waals surface area contributed by atoms with Crippen molar-refractivity contribution in [1.29, 1.82) is 0 Å². The van der Waals surface area contributed by atoms with Crippen LogP contribution in [0.4, 0.5) is 0 Å². The Morgan fingerprint density at radius 1 is 1.12 bits per heavy atom. The molecule has 0 unspecified atom stereocenters. The maximum absolute atomic E-state index is 12.2. The molecule has 1 amide bonds. The predicted molar refractivity (Wildman–Crippen MR) is 119 cm³/mol. The van der Waals surface area contributed by atoms with Crippen LogP contribution in [0.1, 0.15) is 30.1 Å². The van der Waals surface area contributed by atoms with Gasteiger partial charge in [-0.2, -0.15) is 0 Å². The molecule has 0 spiro atoms. The van der Waals surface area contributed by atoms with E-state index in [9.17, 15) is 4.79 Å². The molecular weight excluding hydrogens is 406 g/mol. The summed E-state index contributed by atoms with van der Waals surface area (Å²) >= 11 is 0. The SMILES string of the molecule is O=C(NCCc1nnc2n1CCN(Cc1ccccc1-c1ccco1)CC2)[C@H]1CCCO1. The first-order chi connectivity index (χ1) is 15.8. The normalized spacial score (nSPS) is 18.9. The van der Waals surface area contributed by atoms with Crippen molar-refractivity contribution in [2.45, 2.75) is 44.9 Å². The fourth-order valence-corrected chi connectivity index (χ4v) is 4.54. The van der Waals surface area contributed by atoms with Crippen LogP contribution in [0, 0.1) is 0 Å². The minimum Gasteiger partial charge on any atom is -0.464 e. The average molecular weight is 436 g/mol. The van der Waals surface area contributed by atoms with Gasteiger partial charge >= 0.3 is 0 Å². The molecule has 2 aromatic heterocycles. The Labute approximate surface area is 187 Å². The molecule has 8 nitrogen and oxygen atoms in total. The predicted octanol–water partition coefficient (Wildman–Crippen LogP) is 2.43. The summed E-state index contributed by atoms with van der Waals surface area (Å²) in [5, 5.41) is 11.8. The summed E-state index contributed by atoms with van der Waals surface area (Å²) in [6.45, 7) is 4.80. The Balaban J connectivity index is 1.18. The lowest BCUT2D eigenvalue weighted by Crippen LogP contribution is -2.35. The topological polar surface area (TPSA) is 85.4 Å². The molecule has 0 radical (unpaired) electrons. The maximum atomic E-state index is 12.2. The zero-order valence-corrected chi connectivity index (χ0v) is 18.2. The lowest BCUT2D eigenvalue weighted by Gasteiger charge is -2.21. The summed E-state index contributed by atoms with van der Waals surface area (Å²) in [4.78, 5) is 14.6. The van der Waals surface area contributed by atoms with Gasteiger partial charge in [0.1, 0.15) is 23.5 Å². The molecule has 8 heteroatoms. The van der Waals surface area contributed by atoms with E-state index in [0.29, 0.717) is 19.6 Å². The zero-order chi connectivity index (χ0) is 21.8. The highest BCUT2D eigenvalue weighted by Gasteiger charge is 2.24. The van der Waals surface area contributed by atoms with Gasteiger partial charge in [0.25, 0.3) is 0 Å². The number of hydrogen-bond acceptors (Lipinski definition) is 6. The van der Waals surface area contributed by atoms with Crippen molar-refractivity contribution in [2.75, 3.05) is 26.2 Å². The van der Waals surface area contributed by atoms with Crippen molar-refractivity contribution in [3.63, 3.8) is 0 Å². The average Bonchev–Trinajstić information content (AvgIpc) is 3.57. The fourth-order valence-electron chi connectivity index (χ4n) is 4.54. The molecule has 2 aliphatic heterocycles. The Hall–Kier alpha value is -2.97. The second-order valence-electron chi connectivity index (χ2n) is 8.39. The van der Waals surface area contributed by atoms with Crippen LogP contribution in [0.3, 0.4) is 0 Å². The van der Waals surface area contributed by atoms with Crippen LogP contribution < -0.4 is 5.32 Å². The Kier molecular flexibility index (Phi) is 6.31. The largest absolute Gasteiger partial charge is 0.464 e. The van der Waals surface area contributed by atoms with Crippen LogP contribution in [0.2, 0.25) is 0 Å². The van der Waals surface area contributed by atoms with Gasteiger partial charge in [-0.25, -0.2) is 0 Å². The molecule has 1 fully saturated rings. The summed E-state index contributed by atoms with van der Waals surface area (Å²) in [6.07, 6.45) is 4.73. The van der Waals surface area contributed by atoms with E-state index in [-0.39, 0.29) is 12.0 Å². The lowest BCUT2D eigenvalue weighted by atomic mass is 10.0. The number of amides is 1. The van der Waals surface area contributed by atoms with E-state index in [1.807, 2.05) is 12.1 Å². The van der Waals surface area contributed by atoms with Gasteiger partial charge < -0.3 is 19.0 Å². The van der Waals surface area contributed by atoms with E-state index < -0.39 is 0 Å². The molecule has 2 aliphatic rings. The van der Waals surface area contributed by atoms with E-state index in [1.54, 1.807) is 6.26 Å². The monoisotopic (exact) mass is 435 g/mol. The zero-order valence-electron chi connectivity index (χ0n) is 18.2. The highest BCUT2D eigenvalue weighted by Crippen LogP contribution is 2.25. The summed E-state index contributed by atoms with van der Waals surface area (Å²) < 4.78 is 13.3. The number of nitrogens with one attached hydrogen (secondary N) is 1. The minimum atomic E-state index is -0.289. The van der Waals surface area contributed by atoms with Gasteiger partial charge in [0.15, 0.2) is 0 Å². The van der Waals surface area contributed by atoms with Crippen molar-refractivity contribution in [3.8, 4) is 11.3 Å². The fraction of sp³-hybridized carbons (Fsp3) is 0.458. The van der Waals surface area contributed by atoms with Crippen LogP contribution >= 0.6 is 0 Å². The highest BCUT2D eigenvalue weighted by molar-refractivity contribution is 5.80. The highest BCUT2D eigenvalue weighted by atomic mass is 16.5. The molecule has 3 aromatic rings. The van der Waals surface area contributed by atoms with Gasteiger partial charge in [0.05, 0.1) is 6.26 Å². The van der Waals surface area contributed by atoms with Crippen LogP contribution in [0.15, 0.2) is 47.1 Å². The molecule has 1 atom stereocenters. The molecule has 32 heavy (non-hydrogen) atoms. The number of rotatable bonds is 7. The van der Waals surface area contributed by atoms with Crippen LogP contribution in [-0.2, 0) is 35.5 Å². The third-order valence-corrected chi connectivity index (χ3v) is 6.26.